The molecule has 2 aromatic rings. The number of morpholine rings is 1. The lowest BCUT2D eigenvalue weighted by atomic mass is 10.1. The molecule has 0 bridgehead atoms. The Kier molecular flexibility index (Phi) is 3.05. The smallest absolute Gasteiger partial charge is 0.267 e. The van der Waals surface area contributed by atoms with Gasteiger partial charge in [0.1, 0.15) is 5.69 Å². The molecule has 1 aromatic carbocycles. The van der Waals surface area contributed by atoms with Crippen LogP contribution in [0.15, 0.2) is 30.3 Å². The van der Waals surface area contributed by atoms with Crippen molar-refractivity contribution in [3.05, 3.63) is 36.0 Å². The van der Waals surface area contributed by atoms with Gasteiger partial charge in [-0.1, -0.05) is 6.07 Å². The largest absolute Gasteiger partial charge is 0.378 e. The third-order valence-electron chi connectivity index (χ3n) is 3.30. The molecule has 0 unspecified atom stereocenters. The molecule has 1 fully saturated rings. The molecule has 1 saturated heterocycles. The summed E-state index contributed by atoms with van der Waals surface area (Å²) in [6.07, 6.45) is 0. The van der Waals surface area contributed by atoms with Gasteiger partial charge in [-0.05, 0) is 24.3 Å². The minimum atomic E-state index is -0.501. The fraction of sp³-hybridized carbons (Fsp3) is 0.286. The average Bonchev–Trinajstić information content (AvgIpc) is 2.47. The van der Waals surface area contributed by atoms with Gasteiger partial charge in [0.15, 0.2) is 0 Å². The SMILES string of the molecule is NC(=O)c1ccc2cc(N3CCOCC3)ccc2n1. The second-order valence-electron chi connectivity index (χ2n) is 4.54. The molecule has 1 aromatic heterocycles. The van der Waals surface area contributed by atoms with Gasteiger partial charge in [0.05, 0.1) is 18.7 Å². The zero-order valence-corrected chi connectivity index (χ0v) is 10.5. The molecule has 0 atom stereocenters. The molecular weight excluding hydrogens is 242 g/mol. The summed E-state index contributed by atoms with van der Waals surface area (Å²) in [5.41, 5.74) is 7.47. The van der Waals surface area contributed by atoms with E-state index in [1.807, 2.05) is 18.2 Å². The maximum atomic E-state index is 11.1. The summed E-state index contributed by atoms with van der Waals surface area (Å²) < 4.78 is 5.35. The summed E-state index contributed by atoms with van der Waals surface area (Å²) >= 11 is 0. The maximum absolute atomic E-state index is 11.1. The molecule has 5 heteroatoms. The fourth-order valence-corrected chi connectivity index (χ4v) is 2.27. The third kappa shape index (κ3) is 2.37. The van der Waals surface area contributed by atoms with E-state index in [-0.39, 0.29) is 0 Å². The Labute approximate surface area is 111 Å². The highest BCUT2D eigenvalue weighted by Crippen LogP contribution is 2.22. The number of nitrogens with two attached hydrogens (primary N) is 1. The standard InChI is InChI=1S/C14H15N3O2/c15-14(18)13-3-1-10-9-11(2-4-12(10)16-13)17-5-7-19-8-6-17/h1-4,9H,5-8H2,(H2,15,18). The van der Waals surface area contributed by atoms with Crippen molar-refractivity contribution in [2.45, 2.75) is 0 Å². The minimum Gasteiger partial charge on any atom is -0.378 e. The maximum Gasteiger partial charge on any atom is 0.267 e. The average molecular weight is 257 g/mol. The van der Waals surface area contributed by atoms with Crippen LogP contribution in [0.2, 0.25) is 0 Å². The summed E-state index contributed by atoms with van der Waals surface area (Å²) in [5, 5.41) is 1.01. The molecule has 0 spiro atoms. The molecule has 2 N–H and O–H groups in total. The number of ether oxygens (including phenoxy) is 1. The first kappa shape index (κ1) is 11.9. The summed E-state index contributed by atoms with van der Waals surface area (Å²) in [6.45, 7) is 3.32. The van der Waals surface area contributed by atoms with E-state index in [0.29, 0.717) is 5.69 Å². The van der Waals surface area contributed by atoms with E-state index in [9.17, 15) is 4.79 Å². The highest BCUT2D eigenvalue weighted by atomic mass is 16.5. The first-order valence-corrected chi connectivity index (χ1v) is 6.27. The Bertz CT molecular complexity index is 621. The van der Waals surface area contributed by atoms with Gasteiger partial charge in [0.25, 0.3) is 5.91 Å². The molecule has 0 aliphatic carbocycles. The van der Waals surface area contributed by atoms with Crippen molar-refractivity contribution in [3.8, 4) is 0 Å². The number of anilines is 1. The van der Waals surface area contributed by atoms with Crippen LogP contribution in [0.1, 0.15) is 10.5 Å². The van der Waals surface area contributed by atoms with Gasteiger partial charge in [-0.25, -0.2) is 4.98 Å². The van der Waals surface area contributed by atoms with Crippen LogP contribution in [0.4, 0.5) is 5.69 Å². The zero-order valence-electron chi connectivity index (χ0n) is 10.5. The van der Waals surface area contributed by atoms with Crippen molar-refractivity contribution in [1.82, 2.24) is 4.98 Å². The first-order valence-electron chi connectivity index (χ1n) is 6.27. The molecule has 0 radical (unpaired) electrons. The van der Waals surface area contributed by atoms with E-state index < -0.39 is 5.91 Å². The Morgan fingerprint density at radius 1 is 1.21 bits per heavy atom. The Balaban J connectivity index is 1.97. The number of pyridine rings is 1. The number of carbonyl (C=O) groups is 1. The number of benzene rings is 1. The molecule has 1 amide bonds. The van der Waals surface area contributed by atoms with Crippen LogP contribution < -0.4 is 10.6 Å². The number of hydrogen-bond donors (Lipinski definition) is 1. The topological polar surface area (TPSA) is 68.5 Å². The van der Waals surface area contributed by atoms with Gasteiger partial charge in [-0.2, -0.15) is 0 Å². The van der Waals surface area contributed by atoms with Crippen molar-refractivity contribution in [2.75, 3.05) is 31.2 Å². The van der Waals surface area contributed by atoms with Crippen LogP contribution in [-0.2, 0) is 4.74 Å². The van der Waals surface area contributed by atoms with Crippen molar-refractivity contribution >= 4 is 22.5 Å². The van der Waals surface area contributed by atoms with Crippen LogP contribution in [0.5, 0.6) is 0 Å². The number of carbonyl (C=O) groups excluding carboxylic acids is 1. The van der Waals surface area contributed by atoms with Crippen LogP contribution in [0.25, 0.3) is 10.9 Å². The van der Waals surface area contributed by atoms with Crippen LogP contribution in [-0.4, -0.2) is 37.2 Å². The number of amides is 1. The van der Waals surface area contributed by atoms with Gasteiger partial charge in [-0.15, -0.1) is 0 Å². The molecule has 1 aliphatic heterocycles. The van der Waals surface area contributed by atoms with E-state index in [4.69, 9.17) is 10.5 Å². The molecule has 19 heavy (non-hydrogen) atoms. The molecule has 3 rings (SSSR count). The Morgan fingerprint density at radius 2 is 2.00 bits per heavy atom. The van der Waals surface area contributed by atoms with E-state index in [1.165, 1.54) is 0 Å². The van der Waals surface area contributed by atoms with Gasteiger partial charge in [0.2, 0.25) is 0 Å². The molecule has 98 valence electrons. The van der Waals surface area contributed by atoms with Crippen molar-refractivity contribution in [3.63, 3.8) is 0 Å². The lowest BCUT2D eigenvalue weighted by Crippen LogP contribution is -2.36. The van der Waals surface area contributed by atoms with Crippen LogP contribution in [0.3, 0.4) is 0 Å². The number of hydrogen-bond acceptors (Lipinski definition) is 4. The molecular formula is C14H15N3O2. The summed E-state index contributed by atoms with van der Waals surface area (Å²) in [5.74, 6) is -0.501. The van der Waals surface area contributed by atoms with Crippen molar-refractivity contribution < 1.29 is 9.53 Å². The van der Waals surface area contributed by atoms with E-state index >= 15 is 0 Å². The number of rotatable bonds is 2. The third-order valence-corrected chi connectivity index (χ3v) is 3.30. The molecule has 5 nitrogen and oxygen atoms in total. The second kappa shape index (κ2) is 4.85. The number of primary amides is 1. The molecule has 0 saturated carbocycles. The number of aromatic nitrogens is 1. The lowest BCUT2D eigenvalue weighted by Gasteiger charge is -2.29. The first-order chi connectivity index (χ1) is 9.24. The molecule has 2 heterocycles. The summed E-state index contributed by atoms with van der Waals surface area (Å²) in [7, 11) is 0. The quantitative estimate of drug-likeness (QED) is 0.877. The second-order valence-corrected chi connectivity index (χ2v) is 4.54. The minimum absolute atomic E-state index is 0.298. The van der Waals surface area contributed by atoms with Gasteiger partial charge < -0.3 is 15.4 Å². The van der Waals surface area contributed by atoms with E-state index in [2.05, 4.69) is 16.0 Å². The molecule has 1 aliphatic rings. The summed E-state index contributed by atoms with van der Waals surface area (Å²) in [4.78, 5) is 17.6. The van der Waals surface area contributed by atoms with Gasteiger partial charge in [-0.3, -0.25) is 4.79 Å². The van der Waals surface area contributed by atoms with Crippen molar-refractivity contribution in [1.29, 1.82) is 0 Å². The highest BCUT2D eigenvalue weighted by molar-refractivity contribution is 5.94. The van der Waals surface area contributed by atoms with Crippen LogP contribution in [0, 0.1) is 0 Å². The Morgan fingerprint density at radius 3 is 2.74 bits per heavy atom. The normalized spacial score (nSPS) is 15.7. The van der Waals surface area contributed by atoms with Gasteiger partial charge in [0, 0.05) is 24.2 Å². The fourth-order valence-electron chi connectivity index (χ4n) is 2.27. The lowest BCUT2D eigenvalue weighted by molar-refractivity contribution is 0.0996. The Hall–Kier alpha value is -2.14. The predicted molar refractivity (Wildman–Crippen MR) is 73.3 cm³/mol. The van der Waals surface area contributed by atoms with Crippen LogP contribution >= 0.6 is 0 Å². The van der Waals surface area contributed by atoms with Crippen molar-refractivity contribution in [2.24, 2.45) is 5.73 Å². The predicted octanol–water partition coefficient (Wildman–Crippen LogP) is 1.17. The summed E-state index contributed by atoms with van der Waals surface area (Å²) in [6, 6.07) is 9.57. The highest BCUT2D eigenvalue weighted by Gasteiger charge is 2.12. The monoisotopic (exact) mass is 257 g/mol. The van der Waals surface area contributed by atoms with Gasteiger partial charge >= 0.3 is 0 Å². The van der Waals surface area contributed by atoms with E-state index in [1.54, 1.807) is 6.07 Å². The number of nitrogens with zero attached hydrogens (tertiary/aromatic N) is 2. The number of fused-ring (bicyclic) bond motifs is 1. The zero-order chi connectivity index (χ0) is 13.2. The van der Waals surface area contributed by atoms with E-state index in [0.717, 1.165) is 42.9 Å².